The molecule has 0 aliphatic heterocycles. The number of fused-ring (bicyclic) bond motifs is 1. The molecular formula is C14H21N3O. The molecule has 98 valence electrons. The average molecular weight is 247 g/mol. The van der Waals surface area contributed by atoms with Crippen LogP contribution < -0.4 is 11.0 Å². The second-order valence-electron chi connectivity index (χ2n) is 4.77. The molecule has 0 bridgehead atoms. The Bertz CT molecular complexity index is 555. The Morgan fingerprint density at radius 1 is 1.22 bits per heavy atom. The van der Waals surface area contributed by atoms with E-state index in [-0.39, 0.29) is 5.69 Å². The van der Waals surface area contributed by atoms with Gasteiger partial charge in [0.15, 0.2) is 0 Å². The van der Waals surface area contributed by atoms with E-state index < -0.39 is 0 Å². The van der Waals surface area contributed by atoms with E-state index in [0.717, 1.165) is 17.6 Å². The van der Waals surface area contributed by atoms with Gasteiger partial charge in [-0.25, -0.2) is 4.79 Å². The average Bonchev–Trinajstić information content (AvgIpc) is 2.73. The Morgan fingerprint density at radius 3 is 2.78 bits per heavy atom. The van der Waals surface area contributed by atoms with Crippen molar-refractivity contribution < 1.29 is 0 Å². The van der Waals surface area contributed by atoms with Crippen molar-refractivity contribution in [3.05, 3.63) is 34.2 Å². The van der Waals surface area contributed by atoms with Crippen molar-refractivity contribution in [1.82, 2.24) is 15.3 Å². The number of rotatable bonds is 6. The molecule has 2 aromatic rings. The lowest BCUT2D eigenvalue weighted by Crippen LogP contribution is -2.19. The van der Waals surface area contributed by atoms with E-state index in [0.29, 0.717) is 6.04 Å². The van der Waals surface area contributed by atoms with Gasteiger partial charge >= 0.3 is 5.69 Å². The topological polar surface area (TPSA) is 60.7 Å². The van der Waals surface area contributed by atoms with Crippen LogP contribution in [0.4, 0.5) is 0 Å². The summed E-state index contributed by atoms with van der Waals surface area (Å²) in [7, 11) is 0. The zero-order chi connectivity index (χ0) is 13.0. The summed E-state index contributed by atoms with van der Waals surface area (Å²) in [5.74, 6) is 0. The summed E-state index contributed by atoms with van der Waals surface area (Å²) in [6, 6.07) is 6.35. The third-order valence-corrected chi connectivity index (χ3v) is 3.27. The molecule has 4 nitrogen and oxygen atoms in total. The number of H-pyrrole nitrogens is 2. The number of benzene rings is 1. The van der Waals surface area contributed by atoms with Crippen molar-refractivity contribution in [2.75, 3.05) is 6.54 Å². The zero-order valence-corrected chi connectivity index (χ0v) is 11.0. The minimum absolute atomic E-state index is 0.147. The molecule has 0 aliphatic carbocycles. The van der Waals surface area contributed by atoms with Crippen LogP contribution in [0.1, 0.15) is 44.7 Å². The first-order valence-corrected chi connectivity index (χ1v) is 6.66. The van der Waals surface area contributed by atoms with Crippen LogP contribution in [0, 0.1) is 0 Å². The maximum Gasteiger partial charge on any atom is 0.323 e. The number of nitrogens with one attached hydrogen (secondary N) is 3. The molecular weight excluding hydrogens is 226 g/mol. The monoisotopic (exact) mass is 247 g/mol. The number of imidazole rings is 1. The normalized spacial score (nSPS) is 13.0. The van der Waals surface area contributed by atoms with Crippen LogP contribution >= 0.6 is 0 Å². The molecule has 0 aliphatic rings. The summed E-state index contributed by atoms with van der Waals surface area (Å²) >= 11 is 0. The Kier molecular flexibility index (Phi) is 4.20. The third kappa shape index (κ3) is 3.01. The molecule has 1 heterocycles. The molecule has 1 aromatic carbocycles. The fraction of sp³-hybridized carbons (Fsp3) is 0.500. The van der Waals surface area contributed by atoms with Gasteiger partial charge in [0.1, 0.15) is 0 Å². The minimum atomic E-state index is -0.147. The number of aromatic amines is 2. The highest BCUT2D eigenvalue weighted by Gasteiger charge is 2.06. The Hall–Kier alpha value is -1.55. The summed E-state index contributed by atoms with van der Waals surface area (Å²) in [5.41, 5.74) is 2.79. The highest BCUT2D eigenvalue weighted by molar-refractivity contribution is 5.75. The van der Waals surface area contributed by atoms with E-state index in [2.05, 4.69) is 35.2 Å². The predicted molar refractivity (Wildman–Crippen MR) is 74.9 cm³/mol. The molecule has 0 spiro atoms. The molecule has 0 amide bonds. The maximum absolute atomic E-state index is 11.2. The molecule has 2 rings (SSSR count). The van der Waals surface area contributed by atoms with Gasteiger partial charge in [-0.2, -0.15) is 0 Å². The van der Waals surface area contributed by atoms with Gasteiger partial charge in [-0.15, -0.1) is 0 Å². The summed E-state index contributed by atoms with van der Waals surface area (Å²) in [6.45, 7) is 5.40. The quantitative estimate of drug-likeness (QED) is 0.687. The summed E-state index contributed by atoms with van der Waals surface area (Å²) in [4.78, 5) is 16.7. The summed E-state index contributed by atoms with van der Waals surface area (Å²) in [5, 5.41) is 3.50. The number of unbranched alkanes of at least 4 members (excludes halogenated alkanes) is 2. The molecule has 4 heteroatoms. The van der Waals surface area contributed by atoms with Gasteiger partial charge in [-0.05, 0) is 37.6 Å². The molecule has 1 aromatic heterocycles. The van der Waals surface area contributed by atoms with Crippen molar-refractivity contribution in [2.45, 2.75) is 39.2 Å². The van der Waals surface area contributed by atoms with Crippen molar-refractivity contribution in [1.29, 1.82) is 0 Å². The number of hydrogen-bond acceptors (Lipinski definition) is 2. The lowest BCUT2D eigenvalue weighted by atomic mass is 10.1. The molecule has 0 fully saturated rings. The predicted octanol–water partition coefficient (Wildman–Crippen LogP) is 2.70. The van der Waals surface area contributed by atoms with Gasteiger partial charge in [-0.3, -0.25) is 0 Å². The van der Waals surface area contributed by atoms with E-state index in [1.54, 1.807) is 0 Å². The van der Waals surface area contributed by atoms with Crippen molar-refractivity contribution >= 4 is 11.0 Å². The Balaban J connectivity index is 2.03. The first-order chi connectivity index (χ1) is 8.70. The fourth-order valence-corrected chi connectivity index (χ4v) is 2.13. The van der Waals surface area contributed by atoms with Gasteiger partial charge in [0.2, 0.25) is 0 Å². The molecule has 0 saturated heterocycles. The van der Waals surface area contributed by atoms with Crippen LogP contribution in [-0.2, 0) is 0 Å². The second kappa shape index (κ2) is 5.87. The molecule has 1 unspecified atom stereocenters. The highest BCUT2D eigenvalue weighted by Crippen LogP contribution is 2.16. The lowest BCUT2D eigenvalue weighted by molar-refractivity contribution is 0.544. The van der Waals surface area contributed by atoms with Crippen LogP contribution in [0.5, 0.6) is 0 Å². The van der Waals surface area contributed by atoms with Gasteiger partial charge < -0.3 is 15.3 Å². The maximum atomic E-state index is 11.2. The zero-order valence-electron chi connectivity index (χ0n) is 11.0. The Morgan fingerprint density at radius 2 is 2.00 bits per heavy atom. The van der Waals surface area contributed by atoms with Crippen molar-refractivity contribution in [2.24, 2.45) is 0 Å². The summed E-state index contributed by atoms with van der Waals surface area (Å²) < 4.78 is 0. The van der Waals surface area contributed by atoms with E-state index in [4.69, 9.17) is 0 Å². The summed E-state index contributed by atoms with van der Waals surface area (Å²) in [6.07, 6.45) is 3.72. The molecule has 3 N–H and O–H groups in total. The molecule has 18 heavy (non-hydrogen) atoms. The molecule has 1 atom stereocenters. The number of aromatic nitrogens is 2. The first kappa shape index (κ1) is 12.9. The lowest BCUT2D eigenvalue weighted by Gasteiger charge is -2.14. The van der Waals surface area contributed by atoms with Crippen LogP contribution in [0.15, 0.2) is 23.0 Å². The van der Waals surface area contributed by atoms with Gasteiger partial charge in [-0.1, -0.05) is 25.8 Å². The SMILES string of the molecule is CCCCCNC(C)c1ccc2[nH]c(=O)[nH]c2c1. The van der Waals surface area contributed by atoms with E-state index in [1.165, 1.54) is 24.8 Å². The molecule has 0 radical (unpaired) electrons. The third-order valence-electron chi connectivity index (χ3n) is 3.27. The second-order valence-corrected chi connectivity index (χ2v) is 4.77. The van der Waals surface area contributed by atoms with Gasteiger partial charge in [0.25, 0.3) is 0 Å². The Labute approximate surface area is 107 Å². The first-order valence-electron chi connectivity index (χ1n) is 6.66. The van der Waals surface area contributed by atoms with Gasteiger partial charge in [0, 0.05) is 6.04 Å². The van der Waals surface area contributed by atoms with E-state index >= 15 is 0 Å². The van der Waals surface area contributed by atoms with Crippen LogP contribution in [-0.4, -0.2) is 16.5 Å². The largest absolute Gasteiger partial charge is 0.323 e. The van der Waals surface area contributed by atoms with Crippen LogP contribution in [0.25, 0.3) is 11.0 Å². The highest BCUT2D eigenvalue weighted by atomic mass is 16.1. The smallest absolute Gasteiger partial charge is 0.310 e. The standard InChI is InChI=1S/C14H21N3O/c1-3-4-5-8-15-10(2)11-6-7-12-13(9-11)17-14(18)16-12/h6-7,9-10,15H,3-5,8H2,1-2H3,(H2,16,17,18). The van der Waals surface area contributed by atoms with Crippen molar-refractivity contribution in [3.63, 3.8) is 0 Å². The van der Waals surface area contributed by atoms with Crippen molar-refractivity contribution in [3.8, 4) is 0 Å². The number of hydrogen-bond donors (Lipinski definition) is 3. The van der Waals surface area contributed by atoms with E-state index in [9.17, 15) is 4.79 Å². The van der Waals surface area contributed by atoms with Gasteiger partial charge in [0.05, 0.1) is 11.0 Å². The van der Waals surface area contributed by atoms with E-state index in [1.807, 2.05) is 12.1 Å². The fourth-order valence-electron chi connectivity index (χ4n) is 2.13. The van der Waals surface area contributed by atoms with Crippen LogP contribution in [0.2, 0.25) is 0 Å². The minimum Gasteiger partial charge on any atom is -0.310 e. The molecule has 0 saturated carbocycles. The van der Waals surface area contributed by atoms with Crippen LogP contribution in [0.3, 0.4) is 0 Å².